The van der Waals surface area contributed by atoms with Gasteiger partial charge >= 0.3 is 6.18 Å². The van der Waals surface area contributed by atoms with E-state index in [1.54, 1.807) is 36.5 Å². The van der Waals surface area contributed by atoms with Crippen LogP contribution in [0.4, 0.5) is 13.2 Å². The van der Waals surface area contributed by atoms with E-state index < -0.39 is 18.4 Å². The number of fused-ring (bicyclic) bond motifs is 2. The quantitative estimate of drug-likeness (QED) is 0.223. The number of hydrogen-bond donors (Lipinski definition) is 0. The van der Waals surface area contributed by atoms with E-state index in [0.29, 0.717) is 27.1 Å². The molecule has 5 rings (SSSR count). The van der Waals surface area contributed by atoms with Crippen LogP contribution >= 0.6 is 11.3 Å². The van der Waals surface area contributed by atoms with Crippen molar-refractivity contribution in [2.45, 2.75) is 59.5 Å². The minimum Gasteiger partial charge on any atom is -0.255 e. The first-order valence-electron chi connectivity index (χ1n) is 14.1. The number of pyridine rings is 1. The zero-order valence-electron chi connectivity index (χ0n) is 25.1. The van der Waals surface area contributed by atoms with Gasteiger partial charge in [-0.1, -0.05) is 83.1 Å². The number of benzene rings is 3. The lowest BCUT2D eigenvalue weighted by atomic mass is 9.82. The van der Waals surface area contributed by atoms with Gasteiger partial charge in [0.15, 0.2) is 0 Å². The monoisotopic (exact) mass is 534 g/mol. The van der Waals surface area contributed by atoms with Crippen molar-refractivity contribution in [3.8, 4) is 21.7 Å². The molecule has 1 nitrogen and oxygen atoms in total. The van der Waals surface area contributed by atoms with Gasteiger partial charge in [-0.3, -0.25) is 4.98 Å². The normalized spacial score (nSPS) is 14.5. The summed E-state index contributed by atoms with van der Waals surface area (Å²) in [7, 11) is 0. The summed E-state index contributed by atoms with van der Waals surface area (Å²) in [4.78, 5) is 5.31. The van der Waals surface area contributed by atoms with E-state index in [0.717, 1.165) is 15.6 Å². The Morgan fingerprint density at radius 1 is 0.842 bits per heavy atom. The third kappa shape index (κ3) is 4.73. The van der Waals surface area contributed by atoms with Crippen molar-refractivity contribution in [2.75, 3.05) is 0 Å². The lowest BCUT2D eigenvalue weighted by Crippen LogP contribution is -2.34. The van der Waals surface area contributed by atoms with Crippen molar-refractivity contribution < 1.29 is 17.3 Å². The largest absolute Gasteiger partial charge is 0.394 e. The average molecular weight is 535 g/mol. The van der Waals surface area contributed by atoms with Gasteiger partial charge in [0.05, 0.1) is 15.8 Å². The average Bonchev–Trinajstić information content (AvgIpc) is 3.27. The number of nitrogens with zero attached hydrogens (tertiary/aromatic N) is 1. The van der Waals surface area contributed by atoms with Crippen LogP contribution in [0.2, 0.25) is 0 Å². The fourth-order valence-corrected chi connectivity index (χ4v) is 6.10. The molecule has 0 fully saturated rings. The predicted molar refractivity (Wildman–Crippen MR) is 155 cm³/mol. The molecule has 0 radical (unpaired) electrons. The third-order valence-electron chi connectivity index (χ3n) is 7.18. The summed E-state index contributed by atoms with van der Waals surface area (Å²) < 4.78 is 66.3. The first-order valence-corrected chi connectivity index (χ1v) is 13.4. The molecule has 0 N–H and O–H groups in total. The highest BCUT2D eigenvalue weighted by Crippen LogP contribution is 2.44. The van der Waals surface area contributed by atoms with Gasteiger partial charge in [-0.15, -0.1) is 11.3 Å². The number of thiophene rings is 1. The van der Waals surface area contributed by atoms with Crippen LogP contribution in [0.1, 0.15) is 55.4 Å². The number of rotatable bonds is 4. The summed E-state index contributed by atoms with van der Waals surface area (Å²) in [6.07, 6.45) is -2.84. The Morgan fingerprint density at radius 3 is 2.21 bits per heavy atom. The van der Waals surface area contributed by atoms with E-state index in [4.69, 9.17) is 9.10 Å². The molecule has 0 spiro atoms. The molecule has 0 atom stereocenters. The molecule has 5 aromatic rings. The summed E-state index contributed by atoms with van der Waals surface area (Å²) in [5, 5.41) is 2.86. The highest BCUT2D eigenvalue weighted by atomic mass is 32.1. The molecule has 2 aromatic heterocycles. The van der Waals surface area contributed by atoms with Gasteiger partial charge < -0.3 is 0 Å². The molecule has 0 bridgehead atoms. The molecule has 0 unspecified atom stereocenters. The van der Waals surface area contributed by atoms with E-state index in [1.165, 1.54) is 36.1 Å². The molecule has 3 aromatic carbocycles. The van der Waals surface area contributed by atoms with Gasteiger partial charge in [0.1, 0.15) is 0 Å². The van der Waals surface area contributed by atoms with Crippen LogP contribution in [-0.4, -0.2) is 11.2 Å². The highest BCUT2D eigenvalue weighted by Gasteiger charge is 2.46. The second-order valence-corrected chi connectivity index (χ2v) is 12.6. The van der Waals surface area contributed by atoms with Gasteiger partial charge in [0.2, 0.25) is 0 Å². The standard InChI is InChI=1S/C33H32F3NS/c1-20-25-15-16-37-28(24-17-23-9-7-8-10-26(23)27(18-24)31(2,3)4)30(25)38-29(20)22-13-11-21(12-14-22)19-32(5,6)33(34,35)36/h7-18H,19H2,1-6H3/i1D3. The lowest BCUT2D eigenvalue weighted by molar-refractivity contribution is -0.211. The third-order valence-corrected chi connectivity index (χ3v) is 8.44. The SMILES string of the molecule is [2H]C([2H])([2H])c1c(-c2ccc(CC(C)(C)C(F)(F)F)cc2)sc2c(-c3cc(C(C)(C)C)c4ccccc4c3)nccc12. The minimum absolute atomic E-state index is 0.129. The second kappa shape index (κ2) is 9.23. The maximum atomic E-state index is 13.5. The van der Waals surface area contributed by atoms with Crippen molar-refractivity contribution in [1.29, 1.82) is 0 Å². The summed E-state index contributed by atoms with van der Waals surface area (Å²) >= 11 is 1.36. The van der Waals surface area contributed by atoms with Crippen LogP contribution in [0, 0.1) is 12.3 Å². The molecule has 0 amide bonds. The Labute approximate surface area is 230 Å². The van der Waals surface area contributed by atoms with Crippen LogP contribution in [-0.2, 0) is 11.8 Å². The maximum Gasteiger partial charge on any atom is 0.394 e. The van der Waals surface area contributed by atoms with Crippen LogP contribution in [0.5, 0.6) is 0 Å². The molecule has 5 heteroatoms. The number of aromatic nitrogens is 1. The van der Waals surface area contributed by atoms with Gasteiger partial charge in [0.25, 0.3) is 0 Å². The first-order chi connectivity index (χ1) is 19.0. The molecule has 0 aliphatic carbocycles. The van der Waals surface area contributed by atoms with Gasteiger partial charge in [-0.2, -0.15) is 13.2 Å². The molecule has 38 heavy (non-hydrogen) atoms. The lowest BCUT2D eigenvalue weighted by Gasteiger charge is -2.27. The van der Waals surface area contributed by atoms with E-state index in [1.807, 2.05) is 12.1 Å². The Kier molecular flexibility index (Phi) is 5.53. The fourth-order valence-electron chi connectivity index (χ4n) is 4.89. The first kappa shape index (κ1) is 22.8. The van der Waals surface area contributed by atoms with E-state index >= 15 is 0 Å². The van der Waals surface area contributed by atoms with E-state index in [9.17, 15) is 13.2 Å². The van der Waals surface area contributed by atoms with Gasteiger partial charge in [-0.25, -0.2) is 0 Å². The number of aryl methyl sites for hydroxylation is 1. The molecule has 196 valence electrons. The van der Waals surface area contributed by atoms with E-state index in [2.05, 4.69) is 45.0 Å². The highest BCUT2D eigenvalue weighted by molar-refractivity contribution is 7.23. The number of halogens is 3. The maximum absolute atomic E-state index is 13.5. The topological polar surface area (TPSA) is 12.9 Å². The summed E-state index contributed by atoms with van der Waals surface area (Å²) in [5.74, 6) is 0. The van der Waals surface area contributed by atoms with Crippen molar-refractivity contribution in [1.82, 2.24) is 4.98 Å². The van der Waals surface area contributed by atoms with E-state index in [-0.39, 0.29) is 17.4 Å². The molecule has 0 aliphatic rings. The minimum atomic E-state index is -4.33. The number of hydrogen-bond acceptors (Lipinski definition) is 2. The molecule has 0 saturated carbocycles. The zero-order chi connectivity index (χ0) is 30.0. The second-order valence-electron chi connectivity index (χ2n) is 11.6. The van der Waals surface area contributed by atoms with Crippen molar-refractivity contribution in [3.05, 3.63) is 89.6 Å². The predicted octanol–water partition coefficient (Wildman–Crippen LogP) is 10.5. The Morgan fingerprint density at radius 2 is 1.55 bits per heavy atom. The van der Waals surface area contributed by atoms with Crippen LogP contribution in [0.15, 0.2) is 72.9 Å². The molecule has 2 heterocycles. The van der Waals surface area contributed by atoms with Crippen LogP contribution in [0.25, 0.3) is 42.6 Å². The summed E-state index contributed by atoms with van der Waals surface area (Å²) in [6, 6.07) is 21.0. The molecule has 0 saturated heterocycles. The van der Waals surface area contributed by atoms with Crippen LogP contribution < -0.4 is 0 Å². The Bertz CT molecular complexity index is 1740. The molecular weight excluding hydrogens is 499 g/mol. The fraction of sp³-hybridized carbons (Fsp3) is 0.303. The molecular formula is C33H32F3NS. The van der Waals surface area contributed by atoms with Crippen molar-refractivity contribution >= 4 is 32.2 Å². The van der Waals surface area contributed by atoms with Gasteiger partial charge in [0, 0.05) is 20.7 Å². The van der Waals surface area contributed by atoms with Crippen LogP contribution in [0.3, 0.4) is 0 Å². The van der Waals surface area contributed by atoms with Crippen molar-refractivity contribution in [3.63, 3.8) is 0 Å². The Balaban J connectivity index is 1.68. The Hall–Kier alpha value is -3.18. The summed E-state index contributed by atoms with van der Waals surface area (Å²) in [6.45, 7) is 6.48. The number of alkyl halides is 3. The smallest absolute Gasteiger partial charge is 0.255 e. The molecule has 0 aliphatic heterocycles. The summed E-state index contributed by atoms with van der Waals surface area (Å²) in [5.41, 5.74) is 2.24. The van der Waals surface area contributed by atoms with Gasteiger partial charge in [-0.05, 0) is 75.3 Å². The van der Waals surface area contributed by atoms with Crippen molar-refractivity contribution in [2.24, 2.45) is 5.41 Å². The zero-order valence-corrected chi connectivity index (χ0v) is 22.9.